The van der Waals surface area contributed by atoms with Gasteiger partial charge in [0.1, 0.15) is 23.2 Å². The normalized spacial score (nSPS) is 12.2. The number of aromatic amines is 1. The molecule has 0 aliphatic heterocycles. The molecule has 0 radical (unpaired) electrons. The van der Waals surface area contributed by atoms with Gasteiger partial charge in [0, 0.05) is 47.4 Å². The van der Waals surface area contributed by atoms with Gasteiger partial charge in [-0.1, -0.05) is 17.7 Å². The maximum Gasteiger partial charge on any atom is 0.491 e. The Labute approximate surface area is 229 Å². The number of anilines is 1. The highest BCUT2D eigenvalue weighted by molar-refractivity contribution is 6.31. The van der Waals surface area contributed by atoms with Crippen LogP contribution in [0.5, 0.6) is 5.75 Å². The number of ether oxygens (including phenoxy) is 2. The number of carbonyl (C=O) groups is 2. The maximum absolute atomic E-state index is 14.9. The summed E-state index contributed by atoms with van der Waals surface area (Å²) in [5.41, 5.74) is 0.223. The van der Waals surface area contributed by atoms with E-state index in [2.05, 4.69) is 20.0 Å². The number of aromatic nitrogens is 2. The number of fused-ring (bicyclic) bond motifs is 1. The van der Waals surface area contributed by atoms with E-state index < -0.39 is 52.7 Å². The molecule has 0 aliphatic rings. The molecule has 13 heteroatoms. The van der Waals surface area contributed by atoms with Crippen LogP contribution in [0.15, 0.2) is 60.9 Å². The van der Waals surface area contributed by atoms with Crippen LogP contribution in [-0.4, -0.2) is 41.2 Å². The summed E-state index contributed by atoms with van der Waals surface area (Å²) in [6, 6.07) is 11.9. The first-order valence-corrected chi connectivity index (χ1v) is 12.3. The van der Waals surface area contributed by atoms with Gasteiger partial charge >= 0.3 is 18.1 Å². The number of alkyl halides is 3. The summed E-state index contributed by atoms with van der Waals surface area (Å²) in [7, 11) is 0. The van der Waals surface area contributed by atoms with Crippen LogP contribution < -0.4 is 10.1 Å². The smallest absolute Gasteiger partial charge is 0.491 e. The number of hydrogen-bond donors (Lipinski definition) is 2. The lowest BCUT2D eigenvalue weighted by Gasteiger charge is -2.19. The molecule has 1 unspecified atom stereocenters. The van der Waals surface area contributed by atoms with Crippen molar-refractivity contribution >= 4 is 40.3 Å². The monoisotopic (exact) mass is 581 g/mol. The zero-order valence-electron chi connectivity index (χ0n) is 20.5. The van der Waals surface area contributed by atoms with Crippen LogP contribution in [-0.2, 0) is 14.3 Å². The Morgan fingerprint density at radius 1 is 1.07 bits per heavy atom. The number of benzene rings is 2. The van der Waals surface area contributed by atoms with Crippen LogP contribution in [0.3, 0.4) is 0 Å². The summed E-state index contributed by atoms with van der Waals surface area (Å²) in [5, 5.41) is 2.93. The summed E-state index contributed by atoms with van der Waals surface area (Å²) in [5.74, 6) is -6.50. The molecular formula is C27H21ClF5N3O4. The second kappa shape index (κ2) is 12.3. The van der Waals surface area contributed by atoms with E-state index in [0.29, 0.717) is 36.2 Å². The topological polar surface area (TPSA) is 93.3 Å². The third-order valence-electron chi connectivity index (χ3n) is 5.86. The van der Waals surface area contributed by atoms with Gasteiger partial charge in [-0.3, -0.25) is 4.79 Å². The minimum absolute atomic E-state index is 0.212. The minimum Gasteiger partial charge on any atom is -0.493 e. The standard InChI is InChI=1S/C27H21ClF5N3O4/c28-25-20(30)8-7-19(29)24(25)17(13-23(37)40-26(38)27(31,32)33)18-14-36-21-12-15(5-6-16(18)21)39-11-3-10-35-22-4-1-2-9-34-22/h1-2,4-9,12,14,17,36H,3,10-11,13H2,(H,34,35). The summed E-state index contributed by atoms with van der Waals surface area (Å²) >= 11 is 6.02. The fraction of sp³-hybridized carbons (Fsp3) is 0.222. The van der Waals surface area contributed by atoms with Gasteiger partial charge in [-0.05, 0) is 48.4 Å². The molecular weight excluding hydrogens is 561 g/mol. The molecule has 0 fully saturated rings. The van der Waals surface area contributed by atoms with E-state index in [0.717, 1.165) is 18.0 Å². The third kappa shape index (κ3) is 6.87. The molecule has 0 amide bonds. The molecule has 2 aromatic carbocycles. The molecule has 0 saturated heterocycles. The van der Waals surface area contributed by atoms with Crippen LogP contribution in [0.1, 0.15) is 29.9 Å². The van der Waals surface area contributed by atoms with E-state index in [1.165, 1.54) is 6.20 Å². The molecule has 7 nitrogen and oxygen atoms in total. The lowest BCUT2D eigenvalue weighted by Crippen LogP contribution is -2.28. The Balaban J connectivity index is 1.54. The van der Waals surface area contributed by atoms with Gasteiger partial charge in [-0.15, -0.1) is 0 Å². The third-order valence-corrected chi connectivity index (χ3v) is 6.24. The van der Waals surface area contributed by atoms with Gasteiger partial charge in [0.25, 0.3) is 0 Å². The number of nitrogens with zero attached hydrogens (tertiary/aromatic N) is 1. The Bertz CT molecular complexity index is 1510. The Hall–Kier alpha value is -4.19. The number of rotatable bonds is 10. The van der Waals surface area contributed by atoms with Gasteiger partial charge in [0.05, 0.1) is 18.1 Å². The average Bonchev–Trinajstić information content (AvgIpc) is 3.33. The number of hydrogen-bond acceptors (Lipinski definition) is 6. The van der Waals surface area contributed by atoms with Crippen molar-refractivity contribution in [2.75, 3.05) is 18.5 Å². The van der Waals surface area contributed by atoms with Crippen LogP contribution in [0.2, 0.25) is 5.02 Å². The van der Waals surface area contributed by atoms with Crippen LogP contribution in [0.25, 0.3) is 10.9 Å². The lowest BCUT2D eigenvalue weighted by atomic mass is 9.87. The maximum atomic E-state index is 14.9. The lowest BCUT2D eigenvalue weighted by molar-refractivity contribution is -0.201. The Kier molecular flexibility index (Phi) is 8.88. The number of esters is 2. The Morgan fingerprint density at radius 2 is 1.85 bits per heavy atom. The first-order valence-electron chi connectivity index (χ1n) is 11.9. The molecule has 4 rings (SSSR count). The number of nitrogens with one attached hydrogen (secondary N) is 2. The predicted molar refractivity (Wildman–Crippen MR) is 136 cm³/mol. The highest BCUT2D eigenvalue weighted by atomic mass is 35.5. The first kappa shape index (κ1) is 28.8. The average molecular weight is 582 g/mol. The van der Waals surface area contributed by atoms with Gasteiger partial charge in [0.2, 0.25) is 0 Å². The van der Waals surface area contributed by atoms with Crippen molar-refractivity contribution in [1.82, 2.24) is 9.97 Å². The second-order valence-electron chi connectivity index (χ2n) is 8.57. The SMILES string of the molecule is O=C(CC(c1c(F)ccc(F)c1Cl)c1c[nH]c2cc(OCCCNc3ccccn3)ccc12)OC(=O)C(F)(F)F. The molecule has 0 saturated carbocycles. The van der Waals surface area contributed by atoms with Crippen molar-refractivity contribution in [3.05, 3.63) is 88.7 Å². The van der Waals surface area contributed by atoms with E-state index >= 15 is 0 Å². The number of H-pyrrole nitrogens is 1. The predicted octanol–water partition coefficient (Wildman–Crippen LogP) is 6.53. The molecule has 2 N–H and O–H groups in total. The summed E-state index contributed by atoms with van der Waals surface area (Å²) < 4.78 is 76.6. The van der Waals surface area contributed by atoms with Crippen molar-refractivity contribution in [3.63, 3.8) is 0 Å². The van der Waals surface area contributed by atoms with Crippen LogP contribution in [0.4, 0.5) is 27.8 Å². The minimum atomic E-state index is -5.42. The zero-order valence-corrected chi connectivity index (χ0v) is 21.3. The molecule has 4 aromatic rings. The quantitative estimate of drug-likeness (QED) is 0.0727. The summed E-state index contributed by atoms with van der Waals surface area (Å²) in [6.07, 6.45) is -2.64. The molecule has 1 atom stereocenters. The van der Waals surface area contributed by atoms with E-state index in [1.54, 1.807) is 24.4 Å². The van der Waals surface area contributed by atoms with Gasteiger partial charge in [0.15, 0.2) is 0 Å². The van der Waals surface area contributed by atoms with E-state index in [1.807, 2.05) is 18.2 Å². The van der Waals surface area contributed by atoms with Gasteiger partial charge < -0.3 is 19.8 Å². The summed E-state index contributed by atoms with van der Waals surface area (Å²) in [4.78, 5) is 30.6. The first-order chi connectivity index (χ1) is 19.0. The van der Waals surface area contributed by atoms with Crippen LogP contribution in [0, 0.1) is 11.6 Å². The van der Waals surface area contributed by atoms with Gasteiger partial charge in [-0.25, -0.2) is 18.6 Å². The van der Waals surface area contributed by atoms with E-state index in [4.69, 9.17) is 16.3 Å². The molecule has 0 spiro atoms. The van der Waals surface area contributed by atoms with Crippen molar-refractivity contribution < 1.29 is 41.0 Å². The van der Waals surface area contributed by atoms with Crippen molar-refractivity contribution in [1.29, 1.82) is 0 Å². The Morgan fingerprint density at radius 3 is 2.58 bits per heavy atom. The van der Waals surface area contributed by atoms with Crippen molar-refractivity contribution in [2.45, 2.75) is 24.9 Å². The largest absolute Gasteiger partial charge is 0.493 e. The molecule has 0 bridgehead atoms. The molecule has 0 aliphatic carbocycles. The molecule has 2 heterocycles. The van der Waals surface area contributed by atoms with E-state index in [-0.39, 0.29) is 5.56 Å². The highest BCUT2D eigenvalue weighted by Gasteiger charge is 2.43. The summed E-state index contributed by atoms with van der Waals surface area (Å²) in [6.45, 7) is 0.977. The molecule has 40 heavy (non-hydrogen) atoms. The zero-order chi connectivity index (χ0) is 28.9. The fourth-order valence-electron chi connectivity index (χ4n) is 4.05. The second-order valence-corrected chi connectivity index (χ2v) is 8.95. The molecule has 2 aromatic heterocycles. The number of carbonyl (C=O) groups excluding carboxylic acids is 2. The van der Waals surface area contributed by atoms with Crippen LogP contribution >= 0.6 is 11.6 Å². The van der Waals surface area contributed by atoms with Gasteiger partial charge in [-0.2, -0.15) is 13.2 Å². The van der Waals surface area contributed by atoms with E-state index in [9.17, 15) is 31.5 Å². The van der Waals surface area contributed by atoms with Crippen molar-refractivity contribution in [3.8, 4) is 5.75 Å². The number of pyridine rings is 1. The highest BCUT2D eigenvalue weighted by Crippen LogP contribution is 2.40. The van der Waals surface area contributed by atoms with Crippen molar-refractivity contribution in [2.24, 2.45) is 0 Å². The fourth-order valence-corrected chi connectivity index (χ4v) is 4.34. The molecule has 210 valence electrons. The number of halogens is 6.